The van der Waals surface area contributed by atoms with Gasteiger partial charge in [0, 0.05) is 31.1 Å². The molecule has 0 radical (unpaired) electrons. The zero-order valence-corrected chi connectivity index (χ0v) is 18.8. The maximum atomic E-state index is 14.4. The Morgan fingerprint density at radius 2 is 1.91 bits per heavy atom. The first kappa shape index (κ1) is 22.3. The van der Waals surface area contributed by atoms with Crippen molar-refractivity contribution in [1.82, 2.24) is 19.6 Å². The molecule has 1 aliphatic carbocycles. The molecule has 1 aliphatic rings. The first-order chi connectivity index (χ1) is 16.4. The van der Waals surface area contributed by atoms with Crippen LogP contribution in [0.2, 0.25) is 0 Å². The van der Waals surface area contributed by atoms with Gasteiger partial charge in [-0.2, -0.15) is 5.10 Å². The molecule has 0 amide bonds. The average molecular weight is 462 g/mol. The van der Waals surface area contributed by atoms with Crippen molar-refractivity contribution in [3.8, 4) is 11.1 Å². The summed E-state index contributed by atoms with van der Waals surface area (Å²) in [4.78, 5) is 21.9. The first-order valence-corrected chi connectivity index (χ1v) is 11.4. The third-order valence-electron chi connectivity index (χ3n) is 6.60. The van der Waals surface area contributed by atoms with Gasteiger partial charge in [0.05, 0.1) is 17.3 Å². The Hall–Kier alpha value is -3.52. The smallest absolute Gasteiger partial charge is 0.185 e. The van der Waals surface area contributed by atoms with E-state index in [1.165, 1.54) is 28.9 Å². The normalized spacial score (nSPS) is 20.5. The summed E-state index contributed by atoms with van der Waals surface area (Å²) in [6.45, 7) is 2.21. The molecule has 4 aromatic rings. The molecule has 174 valence electrons. The van der Waals surface area contributed by atoms with Gasteiger partial charge >= 0.3 is 0 Å². The van der Waals surface area contributed by atoms with E-state index in [2.05, 4.69) is 22.0 Å². The van der Waals surface area contributed by atoms with Crippen LogP contribution in [0.25, 0.3) is 16.8 Å². The lowest BCUT2D eigenvalue weighted by Gasteiger charge is -2.32. The molecule has 0 saturated heterocycles. The molecule has 1 fully saturated rings. The monoisotopic (exact) mass is 461 g/mol. The van der Waals surface area contributed by atoms with Crippen molar-refractivity contribution in [2.45, 2.75) is 44.6 Å². The second-order valence-corrected chi connectivity index (χ2v) is 9.18. The predicted octanol–water partition coefficient (Wildman–Crippen LogP) is 4.73. The number of carbonyl (C=O) groups excluding carboxylic acids is 1. The number of halogens is 2. The van der Waals surface area contributed by atoms with Gasteiger partial charge in [0.1, 0.15) is 17.3 Å². The standard InChI is InChI=1S/C26H25F2N5O/c1-15-9-16(11-18(29)10-15)19-5-7-30-13-17(19)12-24(34)23-6-8-33-26(32-23)20(14-31-33)25-21(27)3-2-4-22(25)28/h2-8,13-16,18H,9-12,29H2,1H3/t15-,16+,18-/m0/s1. The minimum Gasteiger partial charge on any atom is -0.328 e. The number of hydrogen-bond donors (Lipinski definition) is 1. The van der Waals surface area contributed by atoms with E-state index in [1.54, 1.807) is 24.7 Å². The van der Waals surface area contributed by atoms with Crippen LogP contribution in [0.1, 0.15) is 53.7 Å². The summed E-state index contributed by atoms with van der Waals surface area (Å²) < 4.78 is 30.2. The van der Waals surface area contributed by atoms with Gasteiger partial charge < -0.3 is 5.73 Å². The quantitative estimate of drug-likeness (QED) is 0.435. The second-order valence-electron chi connectivity index (χ2n) is 9.18. The molecule has 3 aromatic heterocycles. The number of carbonyl (C=O) groups is 1. The van der Waals surface area contributed by atoms with E-state index in [4.69, 9.17) is 5.73 Å². The predicted molar refractivity (Wildman–Crippen MR) is 124 cm³/mol. The molecule has 5 rings (SSSR count). The molecular formula is C26H25F2N5O. The minimum absolute atomic E-state index is 0.129. The fourth-order valence-corrected chi connectivity index (χ4v) is 5.11. The van der Waals surface area contributed by atoms with E-state index in [-0.39, 0.29) is 46.6 Å². The van der Waals surface area contributed by atoms with Crippen LogP contribution >= 0.6 is 0 Å². The highest BCUT2D eigenvalue weighted by Gasteiger charge is 2.27. The van der Waals surface area contributed by atoms with Crippen LogP contribution in [-0.2, 0) is 6.42 Å². The number of pyridine rings is 1. The van der Waals surface area contributed by atoms with Crippen molar-refractivity contribution < 1.29 is 13.6 Å². The summed E-state index contributed by atoms with van der Waals surface area (Å²) in [5, 5.41) is 4.14. The van der Waals surface area contributed by atoms with Gasteiger partial charge in [0.2, 0.25) is 0 Å². The molecule has 0 unspecified atom stereocenters. The van der Waals surface area contributed by atoms with Gasteiger partial charge in [-0.05, 0) is 66.5 Å². The summed E-state index contributed by atoms with van der Waals surface area (Å²) in [5.41, 5.74) is 8.62. The molecule has 0 bridgehead atoms. The van der Waals surface area contributed by atoms with Crippen LogP contribution in [0.5, 0.6) is 0 Å². The maximum absolute atomic E-state index is 14.4. The number of rotatable bonds is 5. The van der Waals surface area contributed by atoms with Gasteiger partial charge in [-0.3, -0.25) is 9.78 Å². The van der Waals surface area contributed by atoms with Crippen LogP contribution in [-0.4, -0.2) is 31.4 Å². The largest absolute Gasteiger partial charge is 0.328 e. The molecule has 6 nitrogen and oxygen atoms in total. The van der Waals surface area contributed by atoms with Gasteiger partial charge in [-0.15, -0.1) is 0 Å². The van der Waals surface area contributed by atoms with E-state index < -0.39 is 11.6 Å². The topological polar surface area (TPSA) is 86.2 Å². The van der Waals surface area contributed by atoms with Gasteiger partial charge in [0.25, 0.3) is 0 Å². The number of nitrogens with zero attached hydrogens (tertiary/aromatic N) is 4. The highest BCUT2D eigenvalue weighted by molar-refractivity contribution is 5.96. The molecular weight excluding hydrogens is 436 g/mol. The number of aromatic nitrogens is 4. The van der Waals surface area contributed by atoms with E-state index in [1.807, 2.05) is 6.07 Å². The molecule has 3 atom stereocenters. The molecule has 34 heavy (non-hydrogen) atoms. The molecule has 2 N–H and O–H groups in total. The van der Waals surface area contributed by atoms with Crippen molar-refractivity contribution in [2.24, 2.45) is 11.7 Å². The molecule has 0 aliphatic heterocycles. The summed E-state index contributed by atoms with van der Waals surface area (Å²) in [6, 6.07) is 7.35. The van der Waals surface area contributed by atoms with E-state index in [0.29, 0.717) is 5.92 Å². The third-order valence-corrected chi connectivity index (χ3v) is 6.60. The highest BCUT2D eigenvalue weighted by Crippen LogP contribution is 2.37. The van der Waals surface area contributed by atoms with Crippen molar-refractivity contribution in [2.75, 3.05) is 0 Å². The number of benzene rings is 1. The summed E-state index contributed by atoms with van der Waals surface area (Å²) in [6.07, 6.45) is 9.45. The number of fused-ring (bicyclic) bond motifs is 1. The maximum Gasteiger partial charge on any atom is 0.185 e. The number of nitrogens with two attached hydrogens (primary N) is 1. The second kappa shape index (κ2) is 9.02. The van der Waals surface area contributed by atoms with E-state index >= 15 is 0 Å². The van der Waals surface area contributed by atoms with Crippen LogP contribution in [0.3, 0.4) is 0 Å². The molecule has 1 saturated carbocycles. The summed E-state index contributed by atoms with van der Waals surface area (Å²) >= 11 is 0. The van der Waals surface area contributed by atoms with Crippen LogP contribution in [0, 0.1) is 17.6 Å². The van der Waals surface area contributed by atoms with Crippen LogP contribution in [0.15, 0.2) is 55.1 Å². The number of Topliss-reactive ketones (excluding diaryl/α,β-unsaturated/α-hetero) is 1. The lowest BCUT2D eigenvalue weighted by molar-refractivity contribution is 0.0988. The average Bonchev–Trinajstić information content (AvgIpc) is 3.21. The SMILES string of the molecule is C[C@@H]1C[C@H](N)C[C@H](c2ccncc2CC(=O)c2ccn3ncc(-c4c(F)cccc4F)c3n2)C1. The molecule has 8 heteroatoms. The van der Waals surface area contributed by atoms with Gasteiger partial charge in [-0.1, -0.05) is 13.0 Å². The van der Waals surface area contributed by atoms with Crippen LogP contribution in [0.4, 0.5) is 8.78 Å². The van der Waals surface area contributed by atoms with Crippen molar-refractivity contribution in [1.29, 1.82) is 0 Å². The van der Waals surface area contributed by atoms with Crippen LogP contribution < -0.4 is 5.73 Å². The Morgan fingerprint density at radius 3 is 2.68 bits per heavy atom. The highest BCUT2D eigenvalue weighted by atomic mass is 19.1. The Balaban J connectivity index is 1.47. The van der Waals surface area contributed by atoms with Gasteiger partial charge in [0.15, 0.2) is 11.4 Å². The summed E-state index contributed by atoms with van der Waals surface area (Å²) in [7, 11) is 0. The summed E-state index contributed by atoms with van der Waals surface area (Å²) in [5.74, 6) is -0.827. The lowest BCUT2D eigenvalue weighted by Crippen LogP contribution is -2.31. The molecule has 3 heterocycles. The fourth-order valence-electron chi connectivity index (χ4n) is 5.11. The van der Waals surface area contributed by atoms with Gasteiger partial charge in [-0.25, -0.2) is 18.3 Å². The fraction of sp³-hybridized carbons (Fsp3) is 0.308. The third kappa shape index (κ3) is 4.21. The Bertz CT molecular complexity index is 1340. The Kier molecular flexibility index (Phi) is 5.91. The van der Waals surface area contributed by atoms with E-state index in [9.17, 15) is 13.6 Å². The van der Waals surface area contributed by atoms with Crippen molar-refractivity contribution in [3.05, 3.63) is 83.6 Å². The Labute approximate surface area is 195 Å². The minimum atomic E-state index is -0.714. The lowest BCUT2D eigenvalue weighted by atomic mass is 9.75. The number of ketones is 1. The Morgan fingerprint density at radius 1 is 1.12 bits per heavy atom. The zero-order valence-electron chi connectivity index (χ0n) is 18.8. The first-order valence-electron chi connectivity index (χ1n) is 11.4. The molecule has 1 aromatic carbocycles. The van der Waals surface area contributed by atoms with E-state index in [0.717, 1.165) is 30.4 Å². The molecule has 0 spiro atoms. The van der Waals surface area contributed by atoms with Crippen molar-refractivity contribution in [3.63, 3.8) is 0 Å². The number of hydrogen-bond acceptors (Lipinski definition) is 5. The zero-order chi connectivity index (χ0) is 23.8. The van der Waals surface area contributed by atoms with Crippen molar-refractivity contribution >= 4 is 11.4 Å².